The molecule has 1 aromatic carbocycles. The summed E-state index contributed by atoms with van der Waals surface area (Å²) >= 11 is 0. The van der Waals surface area contributed by atoms with Crippen molar-refractivity contribution in [3.05, 3.63) is 41.4 Å². The first-order chi connectivity index (χ1) is 14.6. The lowest BCUT2D eigenvalue weighted by Crippen LogP contribution is -2.51. The van der Waals surface area contributed by atoms with Crippen molar-refractivity contribution in [3.8, 4) is 17.2 Å². The highest BCUT2D eigenvalue weighted by atomic mass is 16.7. The average Bonchev–Trinajstić information content (AvgIpc) is 2.82. The van der Waals surface area contributed by atoms with Crippen LogP contribution in [0.5, 0.6) is 17.2 Å². The van der Waals surface area contributed by atoms with Gasteiger partial charge in [0.1, 0.15) is 34.7 Å². The summed E-state index contributed by atoms with van der Waals surface area (Å²) in [6.07, 6.45) is 4.00. The number of allylic oxidation sites excluding steroid dienone is 1. The minimum absolute atomic E-state index is 0.450. The van der Waals surface area contributed by atoms with E-state index in [4.69, 9.17) is 37.9 Å². The zero-order valence-electron chi connectivity index (χ0n) is 18.4. The van der Waals surface area contributed by atoms with Gasteiger partial charge >= 0.3 is 0 Å². The van der Waals surface area contributed by atoms with Crippen LogP contribution in [0.1, 0.15) is 12.0 Å². The summed E-state index contributed by atoms with van der Waals surface area (Å²) in [7, 11) is 9.57. The van der Waals surface area contributed by atoms with Crippen LogP contribution in [0.4, 0.5) is 0 Å². The van der Waals surface area contributed by atoms with Crippen molar-refractivity contribution in [1.29, 1.82) is 0 Å². The minimum atomic E-state index is -1.28. The van der Waals surface area contributed by atoms with Gasteiger partial charge in [-0.1, -0.05) is 0 Å². The normalized spacial score (nSPS) is 23.1. The fraction of sp³-hybridized carbons (Fsp3) is 0.545. The monoisotopic (exact) mass is 422 g/mol. The van der Waals surface area contributed by atoms with Gasteiger partial charge in [-0.25, -0.2) is 0 Å². The van der Waals surface area contributed by atoms with Crippen LogP contribution in [0.15, 0.2) is 35.8 Å². The third-order valence-electron chi connectivity index (χ3n) is 5.39. The highest BCUT2D eigenvalue weighted by molar-refractivity contribution is 5.54. The molecule has 1 heterocycles. The number of benzene rings is 1. The zero-order chi connectivity index (χ0) is 21.7. The molecule has 0 N–H and O–H groups in total. The summed E-state index contributed by atoms with van der Waals surface area (Å²) in [4.78, 5) is 0. The van der Waals surface area contributed by atoms with Crippen LogP contribution in [0.3, 0.4) is 0 Å². The predicted octanol–water partition coefficient (Wildman–Crippen LogP) is 3.01. The van der Waals surface area contributed by atoms with Crippen LogP contribution >= 0.6 is 0 Å². The second kappa shape index (κ2) is 9.59. The lowest BCUT2D eigenvalue weighted by Gasteiger charge is -2.46. The second-order valence-electron chi connectivity index (χ2n) is 6.83. The van der Waals surface area contributed by atoms with Crippen molar-refractivity contribution in [3.63, 3.8) is 0 Å². The fourth-order valence-corrected chi connectivity index (χ4v) is 4.00. The molecule has 2 atom stereocenters. The van der Waals surface area contributed by atoms with E-state index in [2.05, 4.69) is 0 Å². The molecule has 0 aromatic heterocycles. The van der Waals surface area contributed by atoms with Crippen LogP contribution in [-0.4, -0.2) is 62.0 Å². The quantitative estimate of drug-likeness (QED) is 0.633. The van der Waals surface area contributed by atoms with Crippen LogP contribution in [0.25, 0.3) is 0 Å². The van der Waals surface area contributed by atoms with Gasteiger partial charge in [-0.3, -0.25) is 0 Å². The SMILES string of the molecule is COC1=CC(OC)C(C2(c3c(OC)cc(OC)cc3OC)OCCCO2)C(OC)=C1. The summed E-state index contributed by atoms with van der Waals surface area (Å²) in [6.45, 7) is 0.978. The molecule has 0 amide bonds. The standard InChI is InChI=1S/C22H30O8/c1-23-14-10-16(25-3)20(17(11-14)26-4)22(29-8-7-9-30-22)21-18(27-5)12-15(24-2)13-19(21)28-6/h10-13,16,20H,7-9H2,1-6H3. The molecule has 1 saturated heterocycles. The molecular weight excluding hydrogens is 392 g/mol. The molecule has 166 valence electrons. The van der Waals surface area contributed by atoms with Crippen molar-refractivity contribution in [1.82, 2.24) is 0 Å². The summed E-state index contributed by atoms with van der Waals surface area (Å²) < 4.78 is 46.6. The summed E-state index contributed by atoms with van der Waals surface area (Å²) in [6, 6.07) is 3.55. The summed E-state index contributed by atoms with van der Waals surface area (Å²) in [5, 5.41) is 0. The maximum atomic E-state index is 6.39. The molecule has 30 heavy (non-hydrogen) atoms. The van der Waals surface area contributed by atoms with Gasteiger partial charge in [0.2, 0.25) is 5.79 Å². The van der Waals surface area contributed by atoms with E-state index in [9.17, 15) is 0 Å². The number of rotatable bonds is 8. The number of hydrogen-bond acceptors (Lipinski definition) is 8. The van der Waals surface area contributed by atoms with Crippen LogP contribution < -0.4 is 14.2 Å². The Labute approximate surface area is 177 Å². The predicted molar refractivity (Wildman–Crippen MR) is 109 cm³/mol. The molecule has 1 aliphatic carbocycles. The second-order valence-corrected chi connectivity index (χ2v) is 6.83. The summed E-state index contributed by atoms with van der Waals surface area (Å²) in [5.41, 5.74) is 0.609. The van der Waals surface area contributed by atoms with Gasteiger partial charge in [-0.15, -0.1) is 0 Å². The van der Waals surface area contributed by atoms with Crippen LogP contribution in [-0.2, 0) is 29.5 Å². The Morgan fingerprint density at radius 1 is 0.833 bits per heavy atom. The van der Waals surface area contributed by atoms with Crippen molar-refractivity contribution in [2.45, 2.75) is 18.3 Å². The van der Waals surface area contributed by atoms with E-state index in [1.807, 2.05) is 12.2 Å². The van der Waals surface area contributed by atoms with E-state index >= 15 is 0 Å². The van der Waals surface area contributed by atoms with Gasteiger partial charge < -0.3 is 37.9 Å². The van der Waals surface area contributed by atoms with Crippen molar-refractivity contribution in [2.24, 2.45) is 5.92 Å². The maximum Gasteiger partial charge on any atom is 0.215 e. The molecule has 0 bridgehead atoms. The van der Waals surface area contributed by atoms with Gasteiger partial charge in [-0.2, -0.15) is 0 Å². The lowest BCUT2D eigenvalue weighted by molar-refractivity contribution is -0.313. The van der Waals surface area contributed by atoms with E-state index in [0.29, 0.717) is 47.5 Å². The van der Waals surface area contributed by atoms with E-state index in [-0.39, 0.29) is 0 Å². The van der Waals surface area contributed by atoms with Gasteiger partial charge in [0.15, 0.2) is 0 Å². The van der Waals surface area contributed by atoms with Crippen LogP contribution in [0, 0.1) is 5.92 Å². The Morgan fingerprint density at radius 2 is 1.47 bits per heavy atom. The molecule has 3 rings (SSSR count). The smallest absolute Gasteiger partial charge is 0.215 e. The third kappa shape index (κ3) is 3.82. The highest BCUT2D eigenvalue weighted by Gasteiger charge is 2.55. The Balaban J connectivity index is 2.26. The van der Waals surface area contributed by atoms with Crippen molar-refractivity contribution >= 4 is 0 Å². The number of hydrogen-bond donors (Lipinski definition) is 0. The fourth-order valence-electron chi connectivity index (χ4n) is 4.00. The highest BCUT2D eigenvalue weighted by Crippen LogP contribution is 2.52. The molecule has 2 aliphatic rings. The van der Waals surface area contributed by atoms with Gasteiger partial charge in [0, 0.05) is 25.3 Å². The number of ether oxygens (including phenoxy) is 8. The molecule has 1 aromatic rings. The topological polar surface area (TPSA) is 73.8 Å². The third-order valence-corrected chi connectivity index (χ3v) is 5.39. The van der Waals surface area contributed by atoms with Gasteiger partial charge in [0.05, 0.1) is 60.4 Å². The Morgan fingerprint density at radius 3 is 1.93 bits per heavy atom. The first kappa shape index (κ1) is 22.3. The van der Waals surface area contributed by atoms with E-state index in [1.165, 1.54) is 0 Å². The first-order valence-electron chi connectivity index (χ1n) is 9.71. The number of methoxy groups -OCH3 is 6. The average molecular weight is 422 g/mol. The lowest BCUT2D eigenvalue weighted by atomic mass is 9.81. The van der Waals surface area contributed by atoms with Gasteiger partial charge in [0.25, 0.3) is 0 Å². The molecule has 8 heteroatoms. The molecule has 0 saturated carbocycles. The first-order valence-corrected chi connectivity index (χ1v) is 9.71. The molecule has 2 unspecified atom stereocenters. The van der Waals surface area contributed by atoms with E-state index in [1.54, 1.807) is 54.8 Å². The van der Waals surface area contributed by atoms with Crippen molar-refractivity contribution in [2.75, 3.05) is 55.9 Å². The Bertz CT molecular complexity index is 769. The largest absolute Gasteiger partial charge is 0.500 e. The molecule has 0 radical (unpaired) electrons. The molecular formula is C22H30O8. The van der Waals surface area contributed by atoms with E-state index < -0.39 is 17.8 Å². The molecule has 1 fully saturated rings. The molecule has 1 aliphatic heterocycles. The van der Waals surface area contributed by atoms with Crippen LogP contribution in [0.2, 0.25) is 0 Å². The zero-order valence-corrected chi connectivity index (χ0v) is 18.4. The van der Waals surface area contributed by atoms with Crippen molar-refractivity contribution < 1.29 is 37.9 Å². The van der Waals surface area contributed by atoms with Gasteiger partial charge in [-0.05, 0) is 12.5 Å². The Hall–Kier alpha value is -2.42. The Kier molecular flexibility index (Phi) is 7.12. The molecule has 0 spiro atoms. The van der Waals surface area contributed by atoms with E-state index in [0.717, 1.165) is 6.42 Å². The molecule has 8 nitrogen and oxygen atoms in total. The minimum Gasteiger partial charge on any atom is -0.500 e. The maximum absolute atomic E-state index is 6.39. The summed E-state index contributed by atoms with van der Waals surface area (Å²) in [5.74, 6) is 1.09.